The molecule has 0 saturated heterocycles. The van der Waals surface area contributed by atoms with Crippen molar-refractivity contribution in [3.63, 3.8) is 0 Å². The Morgan fingerprint density at radius 1 is 1.21 bits per heavy atom. The molecule has 0 radical (unpaired) electrons. The molecule has 0 aromatic heterocycles. The second-order valence-corrected chi connectivity index (χ2v) is 5.05. The molecule has 0 unspecified atom stereocenters. The lowest BCUT2D eigenvalue weighted by molar-refractivity contribution is 0.0818. The van der Waals surface area contributed by atoms with Gasteiger partial charge in [-0.15, -0.1) is 24.0 Å². The van der Waals surface area contributed by atoms with Crippen molar-refractivity contribution in [3.8, 4) is 5.75 Å². The van der Waals surface area contributed by atoms with Crippen molar-refractivity contribution >= 4 is 35.6 Å². The number of ether oxygens (including phenoxy) is 1. The molecule has 2 aromatic rings. The molecule has 0 amide bonds. The van der Waals surface area contributed by atoms with E-state index < -0.39 is 13.0 Å². The Morgan fingerprint density at radius 3 is 2.67 bits per heavy atom. The van der Waals surface area contributed by atoms with Crippen molar-refractivity contribution in [2.24, 2.45) is 10.7 Å². The van der Waals surface area contributed by atoms with Gasteiger partial charge in [-0.25, -0.2) is 13.8 Å². The summed E-state index contributed by atoms with van der Waals surface area (Å²) in [6.07, 6.45) is -2.49. The van der Waals surface area contributed by atoms with E-state index in [2.05, 4.69) is 10.3 Å². The maximum absolute atomic E-state index is 12.1. The Morgan fingerprint density at radius 2 is 1.96 bits per heavy atom. The molecule has 2 aromatic carbocycles. The first-order valence-corrected chi connectivity index (χ1v) is 7.16. The second kappa shape index (κ2) is 10.1. The van der Waals surface area contributed by atoms with Crippen LogP contribution in [0, 0.1) is 6.92 Å². The predicted octanol–water partition coefficient (Wildman–Crippen LogP) is 4.18. The zero-order valence-electron chi connectivity index (χ0n) is 13.2. The number of benzene rings is 2. The molecule has 0 aliphatic carbocycles. The van der Waals surface area contributed by atoms with E-state index in [1.54, 1.807) is 18.2 Å². The van der Waals surface area contributed by atoms with Crippen LogP contribution in [0.3, 0.4) is 0 Å². The minimum absolute atomic E-state index is 0. The fraction of sp³-hybridized carbons (Fsp3) is 0.235. The average Bonchev–Trinajstić information content (AvgIpc) is 2.51. The molecule has 0 fully saturated rings. The third-order valence-electron chi connectivity index (χ3n) is 3.00. The number of hydrogen-bond donors (Lipinski definition) is 2. The Balaban J connectivity index is 0.00000288. The standard InChI is InChI=1S/C17H19F2N3O.HI/c1-12-4-2-6-14(8-12)22-17(20)21-10-13-5-3-7-15(9-13)23-11-16(18)19;/h2-9,16H,10-11H2,1H3,(H3,20,21,22);1H. The lowest BCUT2D eigenvalue weighted by Gasteiger charge is -2.08. The molecule has 0 saturated carbocycles. The second-order valence-electron chi connectivity index (χ2n) is 5.05. The van der Waals surface area contributed by atoms with Gasteiger partial charge in [-0.1, -0.05) is 24.3 Å². The molecular formula is C17H20F2IN3O. The summed E-state index contributed by atoms with van der Waals surface area (Å²) in [4.78, 5) is 4.24. The number of nitrogens with zero attached hydrogens (tertiary/aromatic N) is 1. The molecule has 3 N–H and O–H groups in total. The Bertz CT molecular complexity index is 680. The summed E-state index contributed by atoms with van der Waals surface area (Å²) < 4.78 is 29.3. The molecular weight excluding hydrogens is 427 g/mol. The highest BCUT2D eigenvalue weighted by Gasteiger charge is 2.04. The maximum Gasteiger partial charge on any atom is 0.272 e. The first-order chi connectivity index (χ1) is 11.0. The number of hydrogen-bond acceptors (Lipinski definition) is 2. The summed E-state index contributed by atoms with van der Waals surface area (Å²) in [7, 11) is 0. The number of halogens is 3. The van der Waals surface area contributed by atoms with Crippen molar-refractivity contribution in [2.75, 3.05) is 11.9 Å². The number of aliphatic imine (C=N–C) groups is 1. The zero-order chi connectivity index (χ0) is 16.7. The molecule has 7 heteroatoms. The van der Waals surface area contributed by atoms with E-state index in [-0.39, 0.29) is 29.9 Å². The van der Waals surface area contributed by atoms with E-state index in [0.717, 1.165) is 16.8 Å². The van der Waals surface area contributed by atoms with Crippen molar-refractivity contribution in [1.82, 2.24) is 0 Å². The fourth-order valence-electron chi connectivity index (χ4n) is 1.98. The van der Waals surface area contributed by atoms with Gasteiger partial charge < -0.3 is 15.8 Å². The van der Waals surface area contributed by atoms with E-state index in [9.17, 15) is 8.78 Å². The van der Waals surface area contributed by atoms with Crippen LogP contribution in [0.1, 0.15) is 11.1 Å². The van der Waals surface area contributed by atoms with Gasteiger partial charge in [-0.3, -0.25) is 0 Å². The molecule has 0 bridgehead atoms. The van der Waals surface area contributed by atoms with E-state index in [1.807, 2.05) is 37.3 Å². The Hall–Kier alpha value is -1.90. The third kappa shape index (κ3) is 7.12. The van der Waals surface area contributed by atoms with Crippen LogP contribution >= 0.6 is 24.0 Å². The van der Waals surface area contributed by atoms with Crippen LogP contribution in [0.4, 0.5) is 14.5 Å². The third-order valence-corrected chi connectivity index (χ3v) is 3.00. The molecule has 2 rings (SSSR count). The number of nitrogens with two attached hydrogens (primary N) is 1. The Kier molecular flexibility index (Phi) is 8.45. The SMILES string of the molecule is Cc1cccc(NC(N)=NCc2cccc(OCC(F)F)c2)c1.I. The van der Waals surface area contributed by atoms with Gasteiger partial charge in [0.05, 0.1) is 6.54 Å². The smallest absolute Gasteiger partial charge is 0.272 e. The summed E-state index contributed by atoms with van der Waals surface area (Å²) in [5.74, 6) is 0.678. The van der Waals surface area contributed by atoms with Crippen molar-refractivity contribution in [2.45, 2.75) is 19.9 Å². The number of guanidine groups is 1. The van der Waals surface area contributed by atoms with E-state index >= 15 is 0 Å². The van der Waals surface area contributed by atoms with Gasteiger partial charge in [0, 0.05) is 5.69 Å². The quantitative estimate of drug-likeness (QED) is 0.397. The van der Waals surface area contributed by atoms with Gasteiger partial charge in [-0.2, -0.15) is 0 Å². The van der Waals surface area contributed by atoms with Gasteiger partial charge in [0.15, 0.2) is 5.96 Å². The number of anilines is 1. The minimum Gasteiger partial charge on any atom is -0.488 e. The number of alkyl halides is 2. The van der Waals surface area contributed by atoms with Crippen molar-refractivity contribution in [1.29, 1.82) is 0 Å². The number of aryl methyl sites for hydroxylation is 1. The normalized spacial score (nSPS) is 11.1. The van der Waals surface area contributed by atoms with E-state index in [1.165, 1.54) is 0 Å². The van der Waals surface area contributed by atoms with Gasteiger partial charge in [0.2, 0.25) is 0 Å². The molecule has 0 aliphatic rings. The minimum atomic E-state index is -2.49. The van der Waals surface area contributed by atoms with Gasteiger partial charge in [0.25, 0.3) is 6.43 Å². The van der Waals surface area contributed by atoms with Crippen LogP contribution in [-0.2, 0) is 6.54 Å². The highest BCUT2D eigenvalue weighted by atomic mass is 127. The predicted molar refractivity (Wildman–Crippen MR) is 103 cm³/mol. The highest BCUT2D eigenvalue weighted by Crippen LogP contribution is 2.15. The van der Waals surface area contributed by atoms with Crippen molar-refractivity contribution < 1.29 is 13.5 Å². The molecule has 0 heterocycles. The summed E-state index contributed by atoms with van der Waals surface area (Å²) in [5.41, 5.74) is 8.65. The van der Waals surface area contributed by atoms with Gasteiger partial charge in [0.1, 0.15) is 12.4 Å². The molecule has 0 aliphatic heterocycles. The maximum atomic E-state index is 12.1. The van der Waals surface area contributed by atoms with Gasteiger partial charge >= 0.3 is 0 Å². The molecule has 24 heavy (non-hydrogen) atoms. The highest BCUT2D eigenvalue weighted by molar-refractivity contribution is 14.0. The fourth-order valence-corrected chi connectivity index (χ4v) is 1.98. The molecule has 130 valence electrons. The number of nitrogens with one attached hydrogen (secondary N) is 1. The van der Waals surface area contributed by atoms with Crippen LogP contribution < -0.4 is 15.8 Å². The summed E-state index contributed by atoms with van der Waals surface area (Å²) in [6.45, 7) is 1.70. The van der Waals surface area contributed by atoms with Crippen LogP contribution in [0.5, 0.6) is 5.75 Å². The van der Waals surface area contributed by atoms with E-state index in [4.69, 9.17) is 10.5 Å². The van der Waals surface area contributed by atoms with Crippen LogP contribution in [-0.4, -0.2) is 19.0 Å². The Labute approximate surface area is 157 Å². The first kappa shape index (κ1) is 20.1. The van der Waals surface area contributed by atoms with Crippen molar-refractivity contribution in [3.05, 3.63) is 59.7 Å². The lowest BCUT2D eigenvalue weighted by atomic mass is 10.2. The topological polar surface area (TPSA) is 59.6 Å². The molecule has 4 nitrogen and oxygen atoms in total. The van der Waals surface area contributed by atoms with E-state index in [0.29, 0.717) is 12.3 Å². The molecule has 0 spiro atoms. The van der Waals surface area contributed by atoms with Crippen LogP contribution in [0.25, 0.3) is 0 Å². The average molecular weight is 447 g/mol. The summed E-state index contributed by atoms with van der Waals surface area (Å²) in [5, 5.41) is 3.01. The molecule has 0 atom stereocenters. The summed E-state index contributed by atoms with van der Waals surface area (Å²) >= 11 is 0. The van der Waals surface area contributed by atoms with Crippen LogP contribution in [0.2, 0.25) is 0 Å². The zero-order valence-corrected chi connectivity index (χ0v) is 15.5. The summed E-state index contributed by atoms with van der Waals surface area (Å²) in [6, 6.07) is 14.6. The number of rotatable bonds is 6. The first-order valence-electron chi connectivity index (χ1n) is 7.16. The lowest BCUT2D eigenvalue weighted by Crippen LogP contribution is -2.22. The largest absolute Gasteiger partial charge is 0.488 e. The van der Waals surface area contributed by atoms with Crippen LogP contribution in [0.15, 0.2) is 53.5 Å². The van der Waals surface area contributed by atoms with Gasteiger partial charge in [-0.05, 0) is 42.3 Å². The monoisotopic (exact) mass is 447 g/mol.